The van der Waals surface area contributed by atoms with Gasteiger partial charge in [0.2, 0.25) is 0 Å². The Morgan fingerprint density at radius 3 is 2.52 bits per heavy atom. The van der Waals surface area contributed by atoms with Gasteiger partial charge in [0.15, 0.2) is 12.4 Å². The number of benzene rings is 1. The Hall–Kier alpha value is -1.74. The lowest BCUT2D eigenvalue weighted by atomic mass is 9.84. The molecule has 5 N–H and O–H groups in total. The molecule has 1 atom stereocenters. The predicted octanol–water partition coefficient (Wildman–Crippen LogP) is 0.467. The number of anilines is 2. The largest absolute Gasteiger partial charge is 0.481 e. The summed E-state index contributed by atoms with van der Waals surface area (Å²) in [6.07, 6.45) is 2.27. The maximum Gasteiger partial charge on any atom is 0.264 e. The molecular weight excluding hydrogens is 395 g/mol. The summed E-state index contributed by atoms with van der Waals surface area (Å²) in [5.41, 5.74) is 7.33. The molecule has 4 heterocycles. The van der Waals surface area contributed by atoms with Gasteiger partial charge in [-0.05, 0) is 44.0 Å². The van der Waals surface area contributed by atoms with Gasteiger partial charge in [0.05, 0.1) is 11.3 Å². The van der Waals surface area contributed by atoms with Crippen LogP contribution in [0.4, 0.5) is 11.4 Å². The highest BCUT2D eigenvalue weighted by atomic mass is 35.5. The van der Waals surface area contributed by atoms with Gasteiger partial charge in [0, 0.05) is 25.3 Å². The first kappa shape index (κ1) is 23.3. The second-order valence-electron chi connectivity index (χ2n) is 6.88. The van der Waals surface area contributed by atoms with Gasteiger partial charge in [-0.1, -0.05) is 0 Å². The zero-order valence-electron chi connectivity index (χ0n) is 15.1. The molecule has 0 aliphatic carbocycles. The number of carbonyl (C=O) groups is 2. The second kappa shape index (κ2) is 8.97. The first-order chi connectivity index (χ1) is 11.5. The van der Waals surface area contributed by atoms with Crippen molar-refractivity contribution < 1.29 is 19.8 Å². The topological polar surface area (TPSA) is 119 Å². The minimum atomic E-state index is -0.181. The van der Waals surface area contributed by atoms with E-state index in [1.54, 1.807) is 19.2 Å². The first-order valence-electron chi connectivity index (χ1n) is 8.39. The molecule has 152 valence electrons. The van der Waals surface area contributed by atoms with Gasteiger partial charge in [0.25, 0.3) is 11.8 Å². The van der Waals surface area contributed by atoms with Gasteiger partial charge >= 0.3 is 0 Å². The molecule has 2 bridgehead atoms. The van der Waals surface area contributed by atoms with Crippen LogP contribution >= 0.6 is 24.8 Å². The van der Waals surface area contributed by atoms with Gasteiger partial charge in [-0.3, -0.25) is 9.59 Å². The molecule has 4 aliphatic heterocycles. The summed E-state index contributed by atoms with van der Waals surface area (Å²) < 4.78 is 5.55. The van der Waals surface area contributed by atoms with Crippen molar-refractivity contribution in [3.05, 3.63) is 17.7 Å². The SMILES string of the molecule is CN1C(=O)COc2c(C(=O)NC3CN4CCC3CC4)cc(N)cc21.Cl.Cl.O. The highest BCUT2D eigenvalue weighted by Crippen LogP contribution is 2.37. The van der Waals surface area contributed by atoms with E-state index >= 15 is 0 Å². The summed E-state index contributed by atoms with van der Waals surface area (Å²) in [6.45, 7) is 3.09. The van der Waals surface area contributed by atoms with E-state index < -0.39 is 0 Å². The fourth-order valence-electron chi connectivity index (χ4n) is 3.94. The molecule has 2 amide bonds. The normalized spacial score (nSPS) is 25.1. The van der Waals surface area contributed by atoms with Crippen molar-refractivity contribution in [2.24, 2.45) is 5.92 Å². The third-order valence-corrected chi connectivity index (χ3v) is 5.38. The Bertz CT molecular complexity index is 710. The molecule has 27 heavy (non-hydrogen) atoms. The van der Waals surface area contributed by atoms with E-state index in [4.69, 9.17) is 10.5 Å². The Morgan fingerprint density at radius 2 is 1.93 bits per heavy atom. The number of nitrogens with one attached hydrogen (secondary N) is 1. The molecule has 0 spiro atoms. The highest BCUT2D eigenvalue weighted by Gasteiger charge is 2.36. The minimum Gasteiger partial charge on any atom is -0.481 e. The van der Waals surface area contributed by atoms with Gasteiger partial charge in [0.1, 0.15) is 0 Å². The monoisotopic (exact) mass is 420 g/mol. The van der Waals surface area contributed by atoms with Gasteiger partial charge < -0.3 is 31.1 Å². The number of nitrogen functional groups attached to an aromatic ring is 1. The summed E-state index contributed by atoms with van der Waals surface area (Å²) >= 11 is 0. The van der Waals surface area contributed by atoms with Crippen LogP contribution in [0.3, 0.4) is 0 Å². The smallest absolute Gasteiger partial charge is 0.264 e. The standard InChI is InChI=1S/C17H22N4O3.2ClH.H2O/c1-20-14-7-11(18)6-12(16(14)24-9-15(20)22)17(23)19-13-8-21-4-2-10(13)3-5-21;;;/h6-7,10,13H,2-5,8-9,18H2,1H3,(H,19,23);2*1H;1H2. The van der Waals surface area contributed by atoms with E-state index in [0.717, 1.165) is 32.5 Å². The van der Waals surface area contributed by atoms with E-state index in [1.807, 2.05) is 0 Å². The molecule has 3 fully saturated rings. The first-order valence-corrected chi connectivity index (χ1v) is 8.39. The number of carbonyl (C=O) groups excluding carboxylic acids is 2. The lowest BCUT2D eigenvalue weighted by molar-refractivity contribution is -0.121. The maximum absolute atomic E-state index is 12.8. The van der Waals surface area contributed by atoms with Crippen molar-refractivity contribution in [3.63, 3.8) is 0 Å². The second-order valence-corrected chi connectivity index (χ2v) is 6.88. The number of likely N-dealkylation sites (N-methyl/N-ethyl adjacent to an activating group) is 1. The van der Waals surface area contributed by atoms with Crippen molar-refractivity contribution in [3.8, 4) is 5.75 Å². The number of nitrogens with zero attached hydrogens (tertiary/aromatic N) is 2. The summed E-state index contributed by atoms with van der Waals surface area (Å²) in [7, 11) is 1.66. The van der Waals surface area contributed by atoms with Crippen LogP contribution in [-0.2, 0) is 4.79 Å². The molecule has 1 unspecified atom stereocenters. The molecule has 5 rings (SSSR count). The minimum absolute atomic E-state index is 0. The van der Waals surface area contributed by atoms with Crippen LogP contribution in [0.2, 0.25) is 0 Å². The molecule has 3 saturated heterocycles. The van der Waals surface area contributed by atoms with Crippen LogP contribution in [0, 0.1) is 5.92 Å². The third-order valence-electron chi connectivity index (χ3n) is 5.38. The fourth-order valence-corrected chi connectivity index (χ4v) is 3.94. The van der Waals surface area contributed by atoms with Gasteiger partial charge in [-0.2, -0.15) is 0 Å². The quantitative estimate of drug-likeness (QED) is 0.673. The Labute approximate surface area is 170 Å². The third kappa shape index (κ3) is 4.24. The Kier molecular flexibility index (Phi) is 7.74. The Balaban J connectivity index is 0.00000121. The number of hydrogen-bond acceptors (Lipinski definition) is 5. The average molecular weight is 421 g/mol. The van der Waals surface area contributed by atoms with Crippen LogP contribution in [0.5, 0.6) is 5.75 Å². The highest BCUT2D eigenvalue weighted by molar-refractivity contribution is 6.05. The zero-order chi connectivity index (χ0) is 16.8. The molecule has 8 nitrogen and oxygen atoms in total. The van der Waals surface area contributed by atoms with Crippen molar-refractivity contribution in [1.29, 1.82) is 0 Å². The number of rotatable bonds is 2. The van der Waals surface area contributed by atoms with Crippen molar-refractivity contribution in [2.45, 2.75) is 18.9 Å². The average Bonchev–Trinajstić information content (AvgIpc) is 2.59. The van der Waals surface area contributed by atoms with Crippen molar-refractivity contribution >= 4 is 48.0 Å². The number of hydrogen-bond donors (Lipinski definition) is 2. The zero-order valence-corrected chi connectivity index (χ0v) is 16.7. The van der Waals surface area contributed by atoms with Crippen LogP contribution < -0.4 is 20.7 Å². The number of ether oxygens (including phenoxy) is 1. The van der Waals surface area contributed by atoms with E-state index in [1.165, 1.54) is 4.90 Å². The molecule has 0 aromatic heterocycles. The number of piperidine rings is 3. The number of halogens is 2. The Morgan fingerprint density at radius 1 is 1.26 bits per heavy atom. The molecule has 0 saturated carbocycles. The number of amides is 2. The van der Waals surface area contributed by atoms with E-state index in [2.05, 4.69) is 10.2 Å². The van der Waals surface area contributed by atoms with Crippen molar-refractivity contribution in [2.75, 3.05) is 43.9 Å². The number of nitrogens with two attached hydrogens (primary N) is 1. The summed E-state index contributed by atoms with van der Waals surface area (Å²) in [6, 6.07) is 3.46. The van der Waals surface area contributed by atoms with Crippen molar-refractivity contribution in [1.82, 2.24) is 10.2 Å². The molecular formula is C17H26Cl2N4O4. The van der Waals surface area contributed by atoms with E-state index in [-0.39, 0.29) is 54.8 Å². The fraction of sp³-hybridized carbons (Fsp3) is 0.529. The van der Waals surface area contributed by atoms with Crippen LogP contribution in [-0.4, -0.2) is 61.5 Å². The van der Waals surface area contributed by atoms with Crippen LogP contribution in [0.25, 0.3) is 0 Å². The lowest BCUT2D eigenvalue weighted by Crippen LogP contribution is -2.57. The predicted molar refractivity (Wildman–Crippen MR) is 108 cm³/mol. The van der Waals surface area contributed by atoms with Gasteiger partial charge in [-0.25, -0.2) is 0 Å². The van der Waals surface area contributed by atoms with Crippen LogP contribution in [0.15, 0.2) is 12.1 Å². The lowest BCUT2D eigenvalue weighted by Gasteiger charge is -2.45. The molecule has 1 aromatic rings. The number of fused-ring (bicyclic) bond motifs is 4. The molecule has 0 radical (unpaired) electrons. The van der Waals surface area contributed by atoms with Crippen LogP contribution in [0.1, 0.15) is 23.2 Å². The van der Waals surface area contributed by atoms with E-state index in [0.29, 0.717) is 28.6 Å². The summed E-state index contributed by atoms with van der Waals surface area (Å²) in [4.78, 5) is 28.5. The van der Waals surface area contributed by atoms with E-state index in [9.17, 15) is 9.59 Å². The summed E-state index contributed by atoms with van der Waals surface area (Å²) in [5, 5.41) is 3.15. The molecule has 10 heteroatoms. The molecule has 4 aliphatic rings. The summed E-state index contributed by atoms with van der Waals surface area (Å²) in [5.74, 6) is 0.642. The molecule has 1 aromatic carbocycles. The maximum atomic E-state index is 12.8. The van der Waals surface area contributed by atoms with Gasteiger partial charge in [-0.15, -0.1) is 24.8 Å².